The third-order valence-corrected chi connectivity index (χ3v) is 2.54. The minimum atomic E-state index is -3.06. The number of carbonyl (C=O) groups is 2. The summed E-state index contributed by atoms with van der Waals surface area (Å²) in [6, 6.07) is 4.23. The molecule has 0 aromatic heterocycles. The van der Waals surface area contributed by atoms with Crippen LogP contribution in [0.2, 0.25) is 0 Å². The SMILES string of the molecule is COC(=O)CCc1cccc(OC(F)F)c1C(=O)OC. The molecule has 0 bridgehead atoms. The predicted molar refractivity (Wildman–Crippen MR) is 64.8 cm³/mol. The monoisotopic (exact) mass is 288 g/mol. The predicted octanol–water partition coefficient (Wildman–Crippen LogP) is 2.18. The molecule has 0 saturated carbocycles. The zero-order valence-electron chi connectivity index (χ0n) is 11.0. The number of benzene rings is 1. The van der Waals surface area contributed by atoms with Gasteiger partial charge in [0.25, 0.3) is 0 Å². The zero-order valence-corrected chi connectivity index (χ0v) is 11.0. The van der Waals surface area contributed by atoms with Crippen molar-refractivity contribution in [2.75, 3.05) is 14.2 Å². The van der Waals surface area contributed by atoms with Gasteiger partial charge in [-0.1, -0.05) is 12.1 Å². The molecule has 0 heterocycles. The Bertz CT molecular complexity index is 488. The van der Waals surface area contributed by atoms with Crippen LogP contribution in [0.15, 0.2) is 18.2 Å². The lowest BCUT2D eigenvalue weighted by Gasteiger charge is -2.13. The first kappa shape index (κ1) is 15.9. The second-order valence-electron chi connectivity index (χ2n) is 3.74. The van der Waals surface area contributed by atoms with Crippen molar-refractivity contribution in [2.24, 2.45) is 0 Å². The lowest BCUT2D eigenvalue weighted by atomic mass is 10.0. The Labute approximate surface area is 114 Å². The van der Waals surface area contributed by atoms with Gasteiger partial charge in [0.05, 0.1) is 14.2 Å². The normalized spacial score (nSPS) is 10.2. The Morgan fingerprint density at radius 1 is 1.20 bits per heavy atom. The molecule has 0 aliphatic rings. The zero-order chi connectivity index (χ0) is 15.1. The maximum Gasteiger partial charge on any atom is 0.387 e. The van der Waals surface area contributed by atoms with E-state index in [1.54, 1.807) is 0 Å². The molecule has 0 spiro atoms. The van der Waals surface area contributed by atoms with E-state index < -0.39 is 18.6 Å². The standard InChI is InChI=1S/C13H14F2O5/c1-18-10(16)7-6-8-4-3-5-9(20-13(14)15)11(8)12(17)19-2/h3-5,13H,6-7H2,1-2H3. The van der Waals surface area contributed by atoms with Gasteiger partial charge < -0.3 is 14.2 Å². The smallest absolute Gasteiger partial charge is 0.387 e. The molecular weight excluding hydrogens is 274 g/mol. The molecule has 7 heteroatoms. The van der Waals surface area contributed by atoms with E-state index in [4.69, 9.17) is 0 Å². The van der Waals surface area contributed by atoms with Gasteiger partial charge in [-0.15, -0.1) is 0 Å². The largest absolute Gasteiger partial charge is 0.469 e. The van der Waals surface area contributed by atoms with Crippen molar-refractivity contribution in [1.29, 1.82) is 0 Å². The van der Waals surface area contributed by atoms with Crippen LogP contribution in [-0.4, -0.2) is 32.8 Å². The number of carbonyl (C=O) groups excluding carboxylic acids is 2. The van der Waals surface area contributed by atoms with E-state index in [1.165, 1.54) is 25.3 Å². The molecule has 110 valence electrons. The van der Waals surface area contributed by atoms with Crippen LogP contribution in [0, 0.1) is 0 Å². The molecule has 0 radical (unpaired) electrons. The molecule has 0 unspecified atom stereocenters. The number of esters is 2. The Morgan fingerprint density at radius 2 is 1.90 bits per heavy atom. The summed E-state index contributed by atoms with van der Waals surface area (Å²) < 4.78 is 38.0. The van der Waals surface area contributed by atoms with Crippen LogP contribution in [0.4, 0.5) is 8.78 Å². The van der Waals surface area contributed by atoms with Gasteiger partial charge in [-0.3, -0.25) is 4.79 Å². The molecule has 0 fully saturated rings. The Hall–Kier alpha value is -2.18. The van der Waals surface area contributed by atoms with Crippen molar-refractivity contribution in [3.05, 3.63) is 29.3 Å². The molecule has 0 aliphatic heterocycles. The fourth-order valence-electron chi connectivity index (χ4n) is 1.65. The topological polar surface area (TPSA) is 61.8 Å². The molecule has 0 aliphatic carbocycles. The summed E-state index contributed by atoms with van der Waals surface area (Å²) in [7, 11) is 2.37. The Balaban J connectivity index is 3.08. The lowest BCUT2D eigenvalue weighted by Crippen LogP contribution is -2.13. The van der Waals surface area contributed by atoms with E-state index in [0.29, 0.717) is 5.56 Å². The number of halogens is 2. The number of ether oxygens (including phenoxy) is 3. The quantitative estimate of drug-likeness (QED) is 0.751. The average molecular weight is 288 g/mol. The highest BCUT2D eigenvalue weighted by molar-refractivity contribution is 5.94. The van der Waals surface area contributed by atoms with Crippen molar-refractivity contribution >= 4 is 11.9 Å². The second kappa shape index (κ2) is 7.42. The van der Waals surface area contributed by atoms with E-state index in [-0.39, 0.29) is 24.2 Å². The summed E-state index contributed by atoms with van der Waals surface area (Å²) in [5, 5.41) is 0. The van der Waals surface area contributed by atoms with Gasteiger partial charge in [0.2, 0.25) is 0 Å². The fourth-order valence-corrected chi connectivity index (χ4v) is 1.65. The fraction of sp³-hybridized carbons (Fsp3) is 0.385. The minimum absolute atomic E-state index is 0.0125. The van der Waals surface area contributed by atoms with E-state index in [0.717, 1.165) is 7.11 Å². The van der Waals surface area contributed by atoms with Crippen LogP contribution < -0.4 is 4.74 Å². The Morgan fingerprint density at radius 3 is 2.45 bits per heavy atom. The van der Waals surface area contributed by atoms with Crippen LogP contribution in [0.3, 0.4) is 0 Å². The first-order valence-corrected chi connectivity index (χ1v) is 5.71. The first-order valence-electron chi connectivity index (χ1n) is 5.71. The molecular formula is C13H14F2O5. The summed E-state index contributed by atoms with van der Waals surface area (Å²) in [6.07, 6.45) is 0.163. The van der Waals surface area contributed by atoms with Crippen LogP contribution in [-0.2, 0) is 20.7 Å². The highest BCUT2D eigenvalue weighted by Gasteiger charge is 2.20. The second-order valence-corrected chi connectivity index (χ2v) is 3.74. The van der Waals surface area contributed by atoms with Gasteiger partial charge in [-0.05, 0) is 18.1 Å². The highest BCUT2D eigenvalue weighted by atomic mass is 19.3. The van der Waals surface area contributed by atoms with E-state index >= 15 is 0 Å². The maximum absolute atomic E-state index is 12.3. The summed E-state index contributed by atoms with van der Waals surface area (Å²) in [5.74, 6) is -1.56. The Kier molecular flexibility index (Phi) is 5.89. The number of aryl methyl sites for hydroxylation is 1. The van der Waals surface area contributed by atoms with E-state index in [1.807, 2.05) is 0 Å². The van der Waals surface area contributed by atoms with Crippen LogP contribution >= 0.6 is 0 Å². The number of methoxy groups -OCH3 is 2. The molecule has 0 saturated heterocycles. The van der Waals surface area contributed by atoms with Crippen molar-refractivity contribution in [2.45, 2.75) is 19.5 Å². The van der Waals surface area contributed by atoms with Crippen LogP contribution in [0.25, 0.3) is 0 Å². The third kappa shape index (κ3) is 4.18. The minimum Gasteiger partial charge on any atom is -0.469 e. The number of hydrogen-bond donors (Lipinski definition) is 0. The van der Waals surface area contributed by atoms with Gasteiger partial charge in [-0.25, -0.2) is 4.79 Å². The van der Waals surface area contributed by atoms with E-state index in [2.05, 4.69) is 14.2 Å². The number of alkyl halides is 2. The van der Waals surface area contributed by atoms with Crippen molar-refractivity contribution in [1.82, 2.24) is 0 Å². The van der Waals surface area contributed by atoms with Gasteiger partial charge in [0, 0.05) is 6.42 Å². The lowest BCUT2D eigenvalue weighted by molar-refractivity contribution is -0.140. The van der Waals surface area contributed by atoms with E-state index in [9.17, 15) is 18.4 Å². The molecule has 0 atom stereocenters. The summed E-state index contributed by atoms with van der Waals surface area (Å²) in [4.78, 5) is 22.8. The summed E-state index contributed by atoms with van der Waals surface area (Å²) in [6.45, 7) is -3.06. The molecule has 5 nitrogen and oxygen atoms in total. The molecule has 1 rings (SSSR count). The van der Waals surface area contributed by atoms with Crippen molar-refractivity contribution < 1.29 is 32.6 Å². The summed E-state index contributed by atoms with van der Waals surface area (Å²) in [5.41, 5.74) is 0.264. The van der Waals surface area contributed by atoms with Crippen molar-refractivity contribution in [3.63, 3.8) is 0 Å². The molecule has 1 aromatic carbocycles. The third-order valence-electron chi connectivity index (χ3n) is 2.54. The van der Waals surface area contributed by atoms with Crippen LogP contribution in [0.5, 0.6) is 5.75 Å². The van der Waals surface area contributed by atoms with Gasteiger partial charge in [0.15, 0.2) is 0 Å². The average Bonchev–Trinajstić information content (AvgIpc) is 2.43. The first-order chi connectivity index (χ1) is 9.49. The maximum atomic E-state index is 12.3. The van der Waals surface area contributed by atoms with Crippen LogP contribution in [0.1, 0.15) is 22.3 Å². The van der Waals surface area contributed by atoms with Gasteiger partial charge in [-0.2, -0.15) is 8.78 Å². The molecule has 0 amide bonds. The van der Waals surface area contributed by atoms with Gasteiger partial charge >= 0.3 is 18.6 Å². The van der Waals surface area contributed by atoms with Gasteiger partial charge in [0.1, 0.15) is 11.3 Å². The number of rotatable bonds is 6. The molecule has 20 heavy (non-hydrogen) atoms. The summed E-state index contributed by atoms with van der Waals surface area (Å²) >= 11 is 0. The van der Waals surface area contributed by atoms with Crippen molar-refractivity contribution in [3.8, 4) is 5.75 Å². The highest BCUT2D eigenvalue weighted by Crippen LogP contribution is 2.26. The molecule has 1 aromatic rings. The molecule has 0 N–H and O–H groups in total. The number of hydrogen-bond acceptors (Lipinski definition) is 5.